The molecule has 2 aromatic rings. The molecule has 3 N–H and O–H groups in total. The Labute approximate surface area is 127 Å². The van der Waals surface area contributed by atoms with Crippen molar-refractivity contribution in [3.63, 3.8) is 0 Å². The summed E-state index contributed by atoms with van der Waals surface area (Å²) in [5.41, 5.74) is 6.84. The number of nitrogens with zero attached hydrogens (tertiary/aromatic N) is 1. The number of carbonyl (C=O) groups excluding carboxylic acids is 1. The highest BCUT2D eigenvalue weighted by Crippen LogP contribution is 2.22. The number of benzene rings is 1. The van der Waals surface area contributed by atoms with Gasteiger partial charge in [0.15, 0.2) is 0 Å². The van der Waals surface area contributed by atoms with E-state index in [1.165, 1.54) is 4.88 Å². The predicted octanol–water partition coefficient (Wildman–Crippen LogP) is 3.05. The summed E-state index contributed by atoms with van der Waals surface area (Å²) in [6.45, 7) is 1.04. The highest BCUT2D eigenvalue weighted by atomic mass is 35.5. The van der Waals surface area contributed by atoms with Gasteiger partial charge in [0.25, 0.3) is 0 Å². The molecule has 2 rings (SSSR count). The summed E-state index contributed by atoms with van der Waals surface area (Å²) in [6.07, 6.45) is 0. The van der Waals surface area contributed by atoms with Crippen LogP contribution in [0.15, 0.2) is 35.7 Å². The minimum absolute atomic E-state index is 0.113. The molecule has 0 radical (unpaired) electrons. The number of thiophene rings is 1. The highest BCUT2D eigenvalue weighted by molar-refractivity contribution is 7.09. The lowest BCUT2D eigenvalue weighted by molar-refractivity contribution is -0.117. The van der Waals surface area contributed by atoms with Crippen molar-refractivity contribution in [1.82, 2.24) is 4.90 Å². The van der Waals surface area contributed by atoms with Gasteiger partial charge in [0, 0.05) is 16.4 Å². The molecule has 0 unspecified atom stereocenters. The van der Waals surface area contributed by atoms with Crippen LogP contribution in [0.2, 0.25) is 5.02 Å². The van der Waals surface area contributed by atoms with Gasteiger partial charge in [-0.3, -0.25) is 9.69 Å². The van der Waals surface area contributed by atoms with E-state index in [2.05, 4.69) is 5.32 Å². The third kappa shape index (κ3) is 4.23. The molecule has 4 nitrogen and oxygen atoms in total. The average molecular weight is 310 g/mol. The molecule has 0 saturated carbocycles. The van der Waals surface area contributed by atoms with Gasteiger partial charge in [-0.05, 0) is 36.7 Å². The summed E-state index contributed by atoms with van der Waals surface area (Å²) < 4.78 is 0. The number of likely N-dealkylation sites (N-methyl/N-ethyl adjacent to an activating group) is 1. The average Bonchev–Trinajstić information content (AvgIpc) is 2.86. The molecule has 0 aliphatic heterocycles. The van der Waals surface area contributed by atoms with E-state index < -0.39 is 0 Å². The fourth-order valence-electron chi connectivity index (χ4n) is 1.80. The van der Waals surface area contributed by atoms with E-state index in [1.54, 1.807) is 29.5 Å². The maximum absolute atomic E-state index is 12.0. The molecule has 0 fully saturated rings. The van der Waals surface area contributed by atoms with Crippen molar-refractivity contribution in [2.75, 3.05) is 24.6 Å². The minimum atomic E-state index is -0.113. The van der Waals surface area contributed by atoms with Gasteiger partial charge in [0.05, 0.1) is 17.9 Å². The maximum atomic E-state index is 12.0. The smallest absolute Gasteiger partial charge is 0.238 e. The minimum Gasteiger partial charge on any atom is -0.397 e. The van der Waals surface area contributed by atoms with Crippen molar-refractivity contribution in [1.29, 1.82) is 0 Å². The molecule has 0 bridgehead atoms. The van der Waals surface area contributed by atoms with Gasteiger partial charge < -0.3 is 11.1 Å². The van der Waals surface area contributed by atoms with Gasteiger partial charge in [-0.25, -0.2) is 0 Å². The first-order valence-corrected chi connectivity index (χ1v) is 7.36. The van der Waals surface area contributed by atoms with E-state index in [1.807, 2.05) is 29.5 Å². The Balaban J connectivity index is 1.90. The van der Waals surface area contributed by atoms with Crippen molar-refractivity contribution < 1.29 is 4.79 Å². The monoisotopic (exact) mass is 309 g/mol. The lowest BCUT2D eigenvalue weighted by Gasteiger charge is -2.16. The van der Waals surface area contributed by atoms with Crippen molar-refractivity contribution in [2.24, 2.45) is 0 Å². The highest BCUT2D eigenvalue weighted by Gasteiger charge is 2.10. The van der Waals surface area contributed by atoms with Crippen LogP contribution >= 0.6 is 22.9 Å². The molecular formula is C14H16ClN3OS. The van der Waals surface area contributed by atoms with Crippen LogP contribution in [0, 0.1) is 0 Å². The number of carbonyl (C=O) groups is 1. The van der Waals surface area contributed by atoms with E-state index in [9.17, 15) is 4.79 Å². The Morgan fingerprint density at radius 1 is 1.45 bits per heavy atom. The third-order valence-corrected chi connectivity index (χ3v) is 3.81. The van der Waals surface area contributed by atoms with Crippen molar-refractivity contribution in [3.05, 3.63) is 45.6 Å². The van der Waals surface area contributed by atoms with Crippen LogP contribution in [0.3, 0.4) is 0 Å². The maximum Gasteiger partial charge on any atom is 0.238 e. The van der Waals surface area contributed by atoms with Crippen LogP contribution in [-0.2, 0) is 11.3 Å². The Kier molecular flexibility index (Phi) is 5.00. The van der Waals surface area contributed by atoms with E-state index >= 15 is 0 Å². The SMILES string of the molecule is CN(CC(=O)Nc1cc(Cl)ccc1N)Cc1cccs1. The second-order valence-electron chi connectivity index (χ2n) is 4.53. The largest absolute Gasteiger partial charge is 0.397 e. The molecule has 1 aromatic carbocycles. The third-order valence-electron chi connectivity index (χ3n) is 2.71. The van der Waals surface area contributed by atoms with Crippen LogP contribution in [0.25, 0.3) is 0 Å². The van der Waals surface area contributed by atoms with Crippen molar-refractivity contribution in [3.8, 4) is 0 Å². The molecule has 1 amide bonds. The first kappa shape index (κ1) is 14.8. The van der Waals surface area contributed by atoms with E-state index in [0.717, 1.165) is 6.54 Å². The summed E-state index contributed by atoms with van der Waals surface area (Å²) in [4.78, 5) is 15.1. The van der Waals surface area contributed by atoms with Crippen LogP contribution in [-0.4, -0.2) is 24.4 Å². The van der Waals surface area contributed by atoms with Crippen molar-refractivity contribution in [2.45, 2.75) is 6.54 Å². The zero-order valence-electron chi connectivity index (χ0n) is 11.1. The summed E-state index contributed by atoms with van der Waals surface area (Å²) in [6, 6.07) is 9.06. The number of hydrogen-bond donors (Lipinski definition) is 2. The molecule has 1 aromatic heterocycles. The second kappa shape index (κ2) is 6.74. The van der Waals surface area contributed by atoms with E-state index in [-0.39, 0.29) is 5.91 Å². The lowest BCUT2D eigenvalue weighted by atomic mass is 10.2. The molecule has 0 spiro atoms. The van der Waals surface area contributed by atoms with Gasteiger partial charge in [-0.15, -0.1) is 11.3 Å². The number of hydrogen-bond acceptors (Lipinski definition) is 4. The Bertz CT molecular complexity index is 586. The van der Waals surface area contributed by atoms with Gasteiger partial charge in [-0.2, -0.15) is 0 Å². The van der Waals surface area contributed by atoms with Gasteiger partial charge in [-0.1, -0.05) is 17.7 Å². The Morgan fingerprint density at radius 3 is 2.95 bits per heavy atom. The summed E-state index contributed by atoms with van der Waals surface area (Å²) in [5, 5.41) is 5.34. The fraction of sp³-hybridized carbons (Fsp3) is 0.214. The molecule has 0 atom stereocenters. The van der Waals surface area contributed by atoms with Gasteiger partial charge >= 0.3 is 0 Å². The van der Waals surface area contributed by atoms with Crippen LogP contribution < -0.4 is 11.1 Å². The zero-order valence-corrected chi connectivity index (χ0v) is 12.7. The van der Waals surface area contributed by atoms with E-state index in [0.29, 0.717) is 22.9 Å². The number of halogens is 1. The van der Waals surface area contributed by atoms with E-state index in [4.69, 9.17) is 17.3 Å². The molecule has 0 saturated heterocycles. The van der Waals surface area contributed by atoms with Gasteiger partial charge in [0.1, 0.15) is 0 Å². The van der Waals surface area contributed by atoms with Crippen molar-refractivity contribution >= 4 is 40.2 Å². The first-order valence-electron chi connectivity index (χ1n) is 6.10. The molecule has 106 valence electrons. The molecular weight excluding hydrogens is 294 g/mol. The van der Waals surface area contributed by atoms with Crippen LogP contribution in [0.4, 0.5) is 11.4 Å². The summed E-state index contributed by atoms with van der Waals surface area (Å²) >= 11 is 7.56. The fourth-order valence-corrected chi connectivity index (χ4v) is 2.75. The molecule has 20 heavy (non-hydrogen) atoms. The molecule has 1 heterocycles. The molecule has 6 heteroatoms. The quantitative estimate of drug-likeness (QED) is 0.835. The summed E-state index contributed by atoms with van der Waals surface area (Å²) in [5.74, 6) is -0.113. The number of amides is 1. The normalized spacial score (nSPS) is 10.8. The standard InChI is InChI=1S/C14H16ClN3OS/c1-18(8-11-3-2-6-20-11)9-14(19)17-13-7-10(15)4-5-12(13)16/h2-7H,8-9,16H2,1H3,(H,17,19). The zero-order chi connectivity index (χ0) is 14.5. The van der Waals surface area contributed by atoms with Crippen LogP contribution in [0.1, 0.15) is 4.88 Å². The summed E-state index contributed by atoms with van der Waals surface area (Å²) in [7, 11) is 1.90. The number of anilines is 2. The van der Waals surface area contributed by atoms with Crippen LogP contribution in [0.5, 0.6) is 0 Å². The number of nitrogens with two attached hydrogens (primary N) is 1. The Hall–Kier alpha value is -1.56. The van der Waals surface area contributed by atoms with Gasteiger partial charge in [0.2, 0.25) is 5.91 Å². The number of nitrogen functional groups attached to an aromatic ring is 1. The predicted molar refractivity (Wildman–Crippen MR) is 85.1 cm³/mol. The topological polar surface area (TPSA) is 58.4 Å². The Morgan fingerprint density at radius 2 is 2.25 bits per heavy atom. The molecule has 0 aliphatic rings. The molecule has 0 aliphatic carbocycles. The second-order valence-corrected chi connectivity index (χ2v) is 6.00. The number of rotatable bonds is 5. The first-order chi connectivity index (χ1) is 9.54. The number of nitrogens with one attached hydrogen (secondary N) is 1. The lowest BCUT2D eigenvalue weighted by Crippen LogP contribution is -2.29.